The molecule has 3 heteroatoms. The van der Waals surface area contributed by atoms with Crippen LogP contribution in [0.4, 0.5) is 0 Å². The van der Waals surface area contributed by atoms with Gasteiger partial charge in [0.25, 0.3) is 0 Å². The van der Waals surface area contributed by atoms with Crippen molar-refractivity contribution in [2.24, 2.45) is 0 Å². The van der Waals surface area contributed by atoms with Crippen molar-refractivity contribution >= 4 is 45.5 Å². The molecule has 0 N–H and O–H groups in total. The van der Waals surface area contributed by atoms with E-state index in [1.165, 1.54) is 33.4 Å². The van der Waals surface area contributed by atoms with Crippen molar-refractivity contribution < 1.29 is 3.07 Å². The van der Waals surface area contributed by atoms with Crippen molar-refractivity contribution in [3.05, 3.63) is 0 Å². The van der Waals surface area contributed by atoms with Crippen molar-refractivity contribution in [3.63, 3.8) is 0 Å². The van der Waals surface area contributed by atoms with Crippen LogP contribution in [0, 0.1) is 0 Å². The summed E-state index contributed by atoms with van der Waals surface area (Å²) in [5, 5.41) is 0. The summed E-state index contributed by atoms with van der Waals surface area (Å²) in [7, 11) is 0. The van der Waals surface area contributed by atoms with Gasteiger partial charge in [-0.3, -0.25) is 0 Å². The third-order valence-electron chi connectivity index (χ3n) is 0.493. The van der Waals surface area contributed by atoms with Gasteiger partial charge in [-0.2, -0.15) is 0 Å². The summed E-state index contributed by atoms with van der Waals surface area (Å²) in [5.74, 6) is 0. The summed E-state index contributed by atoms with van der Waals surface area (Å²) in [6, 6.07) is 0. The molecular weight excluding hydrogens is 289 g/mol. The van der Waals surface area contributed by atoms with Gasteiger partial charge in [0.15, 0.2) is 0 Å². The summed E-state index contributed by atoms with van der Waals surface area (Å²) < 4.78 is 6.36. The van der Waals surface area contributed by atoms with E-state index in [9.17, 15) is 0 Å². The Labute approximate surface area is 65.5 Å². The van der Waals surface area contributed by atoms with E-state index >= 15 is 0 Å². The number of hydrogen-bond donors (Lipinski definition) is 0. The molecule has 0 rings (SSSR count). The van der Waals surface area contributed by atoms with Crippen molar-refractivity contribution in [1.82, 2.24) is 0 Å². The van der Waals surface area contributed by atoms with Gasteiger partial charge < -0.3 is 0 Å². The van der Waals surface area contributed by atoms with Crippen LogP contribution >= 0.6 is 0 Å². The summed E-state index contributed by atoms with van der Waals surface area (Å²) in [5.41, 5.74) is 0. The first kappa shape index (κ1) is 7.56. The molecule has 3 radical (unpaired) electrons. The van der Waals surface area contributed by atoms with Gasteiger partial charge in [0, 0.05) is 0 Å². The van der Waals surface area contributed by atoms with Crippen LogP contribution in [-0.4, -0.2) is 52.1 Å². The van der Waals surface area contributed by atoms with Gasteiger partial charge in [0.1, 0.15) is 0 Å². The first-order chi connectivity index (χ1) is 2.91. The molecule has 0 fully saturated rings. The third-order valence-corrected chi connectivity index (χ3v) is 2.48. The molecule has 0 bridgehead atoms. The van der Waals surface area contributed by atoms with Crippen LogP contribution in [0.3, 0.4) is 0 Å². The van der Waals surface area contributed by atoms with Crippen molar-refractivity contribution in [2.45, 2.75) is 10.9 Å². The predicted molar refractivity (Wildman–Crippen MR) is 31.1 cm³/mol. The molecule has 0 spiro atoms. The van der Waals surface area contributed by atoms with Crippen LogP contribution in [0.25, 0.3) is 0 Å². The fraction of sp³-hybridized carbons (Fsp3) is 1.00. The molecule has 0 saturated carbocycles. The molecule has 0 aliphatic heterocycles. The summed E-state index contributed by atoms with van der Waals surface area (Å²) >= 11 is 2.13. The van der Waals surface area contributed by atoms with E-state index in [0.29, 0.717) is 0 Å². The van der Waals surface area contributed by atoms with Crippen LogP contribution in [-0.2, 0) is 3.07 Å². The van der Waals surface area contributed by atoms with Crippen LogP contribution in [0.1, 0.15) is 6.42 Å². The maximum atomic E-state index is 4.97. The van der Waals surface area contributed by atoms with E-state index in [1.54, 1.807) is 0 Å². The first-order valence-corrected chi connectivity index (χ1v) is 5.96. The van der Waals surface area contributed by atoms with E-state index < -0.39 is 0 Å². The fourth-order valence-electron chi connectivity index (χ4n) is 0.185. The molecule has 0 amide bonds. The van der Waals surface area contributed by atoms with E-state index in [4.69, 9.17) is 3.07 Å². The molecule has 6 heavy (non-hydrogen) atoms. The van der Waals surface area contributed by atoms with Crippen LogP contribution < -0.4 is 0 Å². The zero-order valence-electron chi connectivity index (χ0n) is 3.81. The Kier molecular flexibility index (Phi) is 8.26. The van der Waals surface area contributed by atoms with Crippen LogP contribution in [0.5, 0.6) is 0 Å². The Balaban J connectivity index is 2.34. The molecular formula is C3H9OSn2. The fourth-order valence-corrected chi connectivity index (χ4v) is 1.24. The number of rotatable bonds is 3. The molecule has 1 nitrogen and oxygen atoms in total. The Morgan fingerprint density at radius 3 is 2.50 bits per heavy atom. The quantitative estimate of drug-likeness (QED) is 0.493. The SMILES string of the molecule is [SnH][CH2]CC[O][SnH2]. The summed E-state index contributed by atoms with van der Waals surface area (Å²) in [6.45, 7) is 1.02. The molecule has 0 aliphatic rings. The van der Waals surface area contributed by atoms with Gasteiger partial charge in [-0.1, -0.05) is 0 Å². The molecule has 35 valence electrons. The molecule has 0 atom stereocenters. The Hall–Kier alpha value is 1.56. The average molecular weight is 299 g/mol. The van der Waals surface area contributed by atoms with E-state index in [2.05, 4.69) is 0 Å². The zero-order valence-corrected chi connectivity index (χ0v) is 11.1. The molecule has 0 saturated heterocycles. The van der Waals surface area contributed by atoms with Crippen molar-refractivity contribution in [1.29, 1.82) is 0 Å². The second-order valence-corrected chi connectivity index (χ2v) is 3.86. The standard InChI is InChI=1S/C3H6O.2Sn.3H/c1-2-3-4;;;;;/h1-3H2;;;;;/q-1;;+1;;;. The van der Waals surface area contributed by atoms with Gasteiger partial charge in [-0.05, 0) is 0 Å². The van der Waals surface area contributed by atoms with Gasteiger partial charge in [-0.25, -0.2) is 0 Å². The Bertz CT molecular complexity index is 20.8. The van der Waals surface area contributed by atoms with Crippen molar-refractivity contribution in [3.8, 4) is 0 Å². The molecule has 0 heterocycles. The molecule has 0 aliphatic carbocycles. The Morgan fingerprint density at radius 1 is 1.67 bits per heavy atom. The minimum atomic E-state index is 0.732. The summed E-state index contributed by atoms with van der Waals surface area (Å²) in [4.78, 5) is 0. The van der Waals surface area contributed by atoms with E-state index in [0.717, 1.165) is 29.5 Å². The third kappa shape index (κ3) is 5.56. The van der Waals surface area contributed by atoms with Crippen LogP contribution in [0.2, 0.25) is 4.44 Å². The minimum absolute atomic E-state index is 0.732. The first-order valence-electron chi connectivity index (χ1n) is 1.99. The summed E-state index contributed by atoms with van der Waals surface area (Å²) in [6.07, 6.45) is 1.29. The Morgan fingerprint density at radius 2 is 2.33 bits per heavy atom. The van der Waals surface area contributed by atoms with Gasteiger partial charge >= 0.3 is 66.0 Å². The molecule has 0 aromatic rings. The van der Waals surface area contributed by atoms with Crippen molar-refractivity contribution in [2.75, 3.05) is 6.61 Å². The van der Waals surface area contributed by atoms with E-state index in [-0.39, 0.29) is 0 Å². The molecule has 0 aromatic heterocycles. The normalized spacial score (nSPS) is 9.00. The number of hydrogen-bond acceptors (Lipinski definition) is 1. The second kappa shape index (κ2) is 6.56. The van der Waals surface area contributed by atoms with Gasteiger partial charge in [0.2, 0.25) is 0 Å². The van der Waals surface area contributed by atoms with Gasteiger partial charge in [-0.15, -0.1) is 0 Å². The second-order valence-electron chi connectivity index (χ2n) is 1.05. The van der Waals surface area contributed by atoms with E-state index in [1.807, 2.05) is 0 Å². The monoisotopic (exact) mass is 301 g/mol. The average Bonchev–Trinajstić information content (AvgIpc) is 1.61. The van der Waals surface area contributed by atoms with Gasteiger partial charge in [0.05, 0.1) is 0 Å². The predicted octanol–water partition coefficient (Wildman–Crippen LogP) is -0.740. The van der Waals surface area contributed by atoms with Crippen LogP contribution in [0.15, 0.2) is 0 Å². The topological polar surface area (TPSA) is 9.23 Å². The molecule has 0 unspecified atom stereocenters. The molecule has 0 aromatic carbocycles. The zero-order chi connectivity index (χ0) is 4.83. The maximum absolute atomic E-state index is 4.97.